The van der Waals surface area contributed by atoms with E-state index in [4.69, 9.17) is 0 Å². The molecule has 0 saturated carbocycles. The molecular weight excluding hydrogens is 1100 g/mol. The Labute approximate surface area is 521 Å². The number of hydrogen-bond acceptors (Lipinski definition) is 4. The number of anilines is 6. The molecular formula is C84H60N2S2. The summed E-state index contributed by atoms with van der Waals surface area (Å²) in [6, 6.07) is 109. The van der Waals surface area contributed by atoms with Crippen molar-refractivity contribution < 1.29 is 0 Å². The molecule has 0 atom stereocenters. The summed E-state index contributed by atoms with van der Waals surface area (Å²) in [4.78, 5) is 7.26. The lowest BCUT2D eigenvalue weighted by molar-refractivity contribution is 1.29. The molecule has 418 valence electrons. The van der Waals surface area contributed by atoms with Crippen LogP contribution in [0, 0.1) is 27.7 Å². The molecule has 0 spiro atoms. The number of thiophene rings is 2. The summed E-state index contributed by atoms with van der Waals surface area (Å²) >= 11 is 3.70. The number of fused-ring (bicyclic) bond motifs is 6. The molecule has 0 aliphatic rings. The molecule has 16 rings (SSSR count). The highest BCUT2D eigenvalue weighted by molar-refractivity contribution is 7.20. The van der Waals surface area contributed by atoms with Crippen LogP contribution in [0.2, 0.25) is 0 Å². The van der Waals surface area contributed by atoms with Gasteiger partial charge in [-0.05, 0) is 223 Å². The topological polar surface area (TPSA) is 6.48 Å². The largest absolute Gasteiger partial charge is 0.302 e. The van der Waals surface area contributed by atoms with E-state index in [2.05, 4.69) is 329 Å². The fourth-order valence-corrected chi connectivity index (χ4v) is 15.8. The lowest BCUT2D eigenvalue weighted by Gasteiger charge is -2.24. The predicted molar refractivity (Wildman–Crippen MR) is 383 cm³/mol. The van der Waals surface area contributed by atoms with Crippen LogP contribution in [0.4, 0.5) is 32.8 Å². The maximum atomic E-state index is 2.51. The van der Waals surface area contributed by atoms with Gasteiger partial charge in [-0.15, -0.1) is 22.7 Å². The van der Waals surface area contributed by atoms with Crippen molar-refractivity contribution in [1.29, 1.82) is 0 Å². The van der Waals surface area contributed by atoms with E-state index in [9.17, 15) is 0 Å². The monoisotopic (exact) mass is 1160 g/mol. The van der Waals surface area contributed by atoms with E-state index in [0.29, 0.717) is 0 Å². The van der Waals surface area contributed by atoms with Crippen molar-refractivity contribution in [2.45, 2.75) is 27.7 Å². The first-order valence-electron chi connectivity index (χ1n) is 30.3. The first-order valence-corrected chi connectivity index (χ1v) is 31.9. The molecule has 2 nitrogen and oxygen atoms in total. The molecule has 0 N–H and O–H groups in total. The Morgan fingerprint density at radius 3 is 0.739 bits per heavy atom. The quantitative estimate of drug-likeness (QED) is 0.119. The summed E-state index contributed by atoms with van der Waals surface area (Å²) in [6.45, 7) is 8.62. The normalized spacial score (nSPS) is 11.6. The molecule has 0 fully saturated rings. The molecule has 2 heterocycles. The van der Waals surface area contributed by atoms with Gasteiger partial charge in [0, 0.05) is 43.6 Å². The minimum atomic E-state index is 1.14. The molecule has 0 amide bonds. The number of hydrogen-bond donors (Lipinski definition) is 0. The Kier molecular flexibility index (Phi) is 13.2. The summed E-state index contributed by atoms with van der Waals surface area (Å²) in [7, 11) is 0. The lowest BCUT2D eigenvalue weighted by atomic mass is 9.82. The van der Waals surface area contributed by atoms with E-state index in [0.717, 1.165) is 32.8 Å². The van der Waals surface area contributed by atoms with Crippen LogP contribution in [0.25, 0.3) is 119 Å². The van der Waals surface area contributed by atoms with Gasteiger partial charge in [0.1, 0.15) is 10.0 Å². The highest BCUT2D eigenvalue weighted by Gasteiger charge is 2.25. The molecule has 0 aliphatic carbocycles. The van der Waals surface area contributed by atoms with Crippen LogP contribution in [0.3, 0.4) is 0 Å². The molecule has 0 radical (unpaired) electrons. The van der Waals surface area contributed by atoms with Crippen molar-refractivity contribution in [2.75, 3.05) is 9.80 Å². The zero-order chi connectivity index (χ0) is 59.0. The zero-order valence-electron chi connectivity index (χ0n) is 49.4. The van der Waals surface area contributed by atoms with Crippen molar-refractivity contribution >= 4 is 120 Å². The first kappa shape index (κ1) is 53.1. The highest BCUT2D eigenvalue weighted by Crippen LogP contribution is 2.53. The SMILES string of the molecule is Cc1ccc(N(c2ccc(C)cc2)c2ccc(-c3c4ccccc4c(-c4cc(-c5c6ccccc6cc6ccccc56)cc(-c5c6ccccc6c(-c6ccc(N(c7ccc(C)cc7)c7ccc(C)cc7)s6)c6ccccc56)c4)c4ccccc34)s2)cc1. The van der Waals surface area contributed by atoms with Gasteiger partial charge >= 0.3 is 0 Å². The van der Waals surface area contributed by atoms with Crippen molar-refractivity contribution in [3.8, 4) is 54.3 Å². The smallest absolute Gasteiger partial charge is 0.101 e. The fraction of sp³-hybridized carbons (Fsp3) is 0.0476. The molecule has 14 aromatic carbocycles. The van der Waals surface area contributed by atoms with Crippen LogP contribution < -0.4 is 9.80 Å². The van der Waals surface area contributed by atoms with E-state index in [1.807, 2.05) is 22.7 Å². The first-order chi connectivity index (χ1) is 43.3. The molecule has 0 bridgehead atoms. The maximum absolute atomic E-state index is 2.51. The van der Waals surface area contributed by atoms with Crippen LogP contribution in [-0.4, -0.2) is 0 Å². The van der Waals surface area contributed by atoms with Gasteiger partial charge in [-0.1, -0.05) is 216 Å². The molecule has 0 unspecified atom stereocenters. The van der Waals surface area contributed by atoms with Crippen LogP contribution >= 0.6 is 22.7 Å². The van der Waals surface area contributed by atoms with E-state index < -0.39 is 0 Å². The minimum Gasteiger partial charge on any atom is -0.302 e. The van der Waals surface area contributed by atoms with Crippen LogP contribution in [-0.2, 0) is 0 Å². The molecule has 88 heavy (non-hydrogen) atoms. The minimum absolute atomic E-state index is 1.14. The van der Waals surface area contributed by atoms with Crippen molar-refractivity contribution in [1.82, 2.24) is 0 Å². The Balaban J connectivity index is 0.938. The standard InChI is InChI=1S/C84H60N2S2/c1-53-29-37-62(38-30-53)85(63-39-31-54(2)32-40-63)78-47-45-76(87-78)83-72-25-13-9-21-68(72)81(69-22-10-14-26-73(69)83)60-50-59(80-66-19-7-5-17-57(66)49-58-18-6-8-20-67(58)80)51-61(52-60)82-70-23-11-15-27-74(70)84(75-28-16-12-24-71(75)82)77-46-48-79(88-77)86(64-41-33-55(3)34-42-64)65-43-35-56(4)36-44-65/h5-52H,1-4H3. The van der Waals surface area contributed by atoms with Crippen LogP contribution in [0.5, 0.6) is 0 Å². The van der Waals surface area contributed by atoms with Crippen molar-refractivity contribution in [3.63, 3.8) is 0 Å². The lowest BCUT2D eigenvalue weighted by Crippen LogP contribution is -2.08. The summed E-state index contributed by atoms with van der Waals surface area (Å²) < 4.78 is 0. The molecule has 4 heteroatoms. The Morgan fingerprint density at radius 1 is 0.216 bits per heavy atom. The third kappa shape index (κ3) is 9.23. The average Bonchev–Trinajstić information content (AvgIpc) is 1.05. The van der Waals surface area contributed by atoms with Crippen LogP contribution in [0.15, 0.2) is 291 Å². The molecule has 2 aromatic heterocycles. The molecule has 0 aliphatic heterocycles. The van der Waals surface area contributed by atoms with Gasteiger partial charge in [-0.2, -0.15) is 0 Å². The van der Waals surface area contributed by atoms with Gasteiger partial charge in [0.2, 0.25) is 0 Å². The van der Waals surface area contributed by atoms with Gasteiger partial charge < -0.3 is 9.80 Å². The molecule has 0 saturated heterocycles. The van der Waals surface area contributed by atoms with E-state index in [1.54, 1.807) is 0 Å². The Morgan fingerprint density at radius 2 is 0.455 bits per heavy atom. The summed E-state index contributed by atoms with van der Waals surface area (Å²) in [6.07, 6.45) is 0. The predicted octanol–water partition coefficient (Wildman–Crippen LogP) is 25.2. The van der Waals surface area contributed by atoms with E-state index in [-0.39, 0.29) is 0 Å². The van der Waals surface area contributed by atoms with Crippen molar-refractivity contribution in [3.05, 3.63) is 313 Å². The number of rotatable bonds is 11. The third-order valence-electron chi connectivity index (χ3n) is 17.7. The van der Waals surface area contributed by atoms with Crippen molar-refractivity contribution in [2.24, 2.45) is 0 Å². The number of aryl methyl sites for hydroxylation is 4. The second kappa shape index (κ2) is 21.9. The Bertz CT molecular complexity index is 4830. The summed E-state index contributed by atoms with van der Waals surface area (Å²) in [5.74, 6) is 0. The average molecular weight is 1160 g/mol. The second-order valence-electron chi connectivity index (χ2n) is 23.5. The second-order valence-corrected chi connectivity index (χ2v) is 25.6. The van der Waals surface area contributed by atoms with Gasteiger partial charge in [0.15, 0.2) is 0 Å². The van der Waals surface area contributed by atoms with E-state index in [1.165, 1.54) is 141 Å². The van der Waals surface area contributed by atoms with Crippen LogP contribution in [0.1, 0.15) is 22.3 Å². The zero-order valence-corrected chi connectivity index (χ0v) is 51.1. The fourth-order valence-electron chi connectivity index (χ4n) is 13.5. The van der Waals surface area contributed by atoms with Gasteiger partial charge in [0.05, 0.1) is 0 Å². The molecule has 16 aromatic rings. The van der Waals surface area contributed by atoms with Gasteiger partial charge in [-0.3, -0.25) is 0 Å². The Hall–Kier alpha value is -10.4. The number of nitrogens with zero attached hydrogens (tertiary/aromatic N) is 2. The maximum Gasteiger partial charge on any atom is 0.101 e. The summed E-state index contributed by atoms with van der Waals surface area (Å²) in [5, 5.41) is 17.0. The van der Waals surface area contributed by atoms with Gasteiger partial charge in [0.25, 0.3) is 0 Å². The number of benzene rings is 14. The van der Waals surface area contributed by atoms with E-state index >= 15 is 0 Å². The summed E-state index contributed by atoms with van der Waals surface area (Å²) in [5.41, 5.74) is 19.2. The highest BCUT2D eigenvalue weighted by atomic mass is 32.1. The third-order valence-corrected chi connectivity index (χ3v) is 19.9. The van der Waals surface area contributed by atoms with Gasteiger partial charge in [-0.25, -0.2) is 0 Å².